The molecule has 208 valence electrons. The molecule has 2 aromatic heterocycles. The Morgan fingerprint density at radius 3 is 2.42 bits per heavy atom. The minimum Gasteiger partial charge on any atom is -0.444 e. The van der Waals surface area contributed by atoms with Gasteiger partial charge < -0.3 is 14.5 Å². The summed E-state index contributed by atoms with van der Waals surface area (Å²) in [4.78, 5) is 29.5. The zero-order chi connectivity index (χ0) is 29.2. The molecule has 5 rings (SSSR count). The number of pyridine rings is 1. The summed E-state index contributed by atoms with van der Waals surface area (Å²) >= 11 is 6.28. The van der Waals surface area contributed by atoms with Crippen LogP contribution in [-0.2, 0) is 4.74 Å². The average molecular weight is 567 g/mol. The summed E-state index contributed by atoms with van der Waals surface area (Å²) in [5.74, 6) is -0.278. The number of nitrogens with zero attached hydrogens (tertiary/aromatic N) is 6. The summed E-state index contributed by atoms with van der Waals surface area (Å²) in [6.07, 6.45) is 1.17. The van der Waals surface area contributed by atoms with Crippen molar-refractivity contribution in [2.24, 2.45) is 0 Å². The Morgan fingerprint density at radius 1 is 1.10 bits per heavy atom. The lowest BCUT2D eigenvalue weighted by atomic mass is 10.0. The lowest BCUT2D eigenvalue weighted by Gasteiger charge is -2.36. The first-order valence-electron chi connectivity index (χ1n) is 12.7. The normalized spacial score (nSPS) is 13.6. The molecule has 8 nitrogen and oxygen atoms in total. The fraction of sp³-hybridized carbons (Fsp3) is 0.345. The number of nitriles is 1. The Bertz CT molecular complexity index is 1630. The van der Waals surface area contributed by atoms with Crippen molar-refractivity contribution >= 4 is 45.2 Å². The molecular formula is C29H29ClF2N6O2. The number of benzene rings is 2. The van der Waals surface area contributed by atoms with E-state index in [2.05, 4.69) is 15.0 Å². The predicted octanol–water partition coefficient (Wildman–Crippen LogP) is 6.67. The van der Waals surface area contributed by atoms with Gasteiger partial charge in [0.25, 0.3) is 0 Å². The monoisotopic (exact) mass is 566 g/mol. The summed E-state index contributed by atoms with van der Waals surface area (Å²) in [6.45, 7) is 10.5. The summed E-state index contributed by atoms with van der Waals surface area (Å²) in [5.41, 5.74) is -0.0454. The average Bonchev–Trinajstić information content (AvgIpc) is 2.90. The third-order valence-electron chi connectivity index (χ3n) is 6.20. The predicted molar refractivity (Wildman–Crippen MR) is 151 cm³/mol. The van der Waals surface area contributed by atoms with Crippen molar-refractivity contribution in [3.8, 4) is 17.3 Å². The third-order valence-corrected chi connectivity index (χ3v) is 6.57. The molecule has 1 amide bonds. The van der Waals surface area contributed by atoms with Crippen LogP contribution in [0.4, 0.5) is 19.4 Å². The van der Waals surface area contributed by atoms with Gasteiger partial charge in [-0.3, -0.25) is 4.98 Å². The fourth-order valence-corrected chi connectivity index (χ4v) is 4.79. The molecule has 11 heteroatoms. The van der Waals surface area contributed by atoms with Gasteiger partial charge in [0.15, 0.2) is 5.82 Å². The van der Waals surface area contributed by atoms with E-state index in [9.17, 15) is 9.18 Å². The van der Waals surface area contributed by atoms with E-state index in [1.165, 1.54) is 19.2 Å². The van der Waals surface area contributed by atoms with Gasteiger partial charge in [-0.25, -0.2) is 23.5 Å². The molecule has 3 heterocycles. The van der Waals surface area contributed by atoms with Crippen molar-refractivity contribution in [2.75, 3.05) is 31.1 Å². The van der Waals surface area contributed by atoms with Gasteiger partial charge in [-0.15, -0.1) is 0 Å². The molecule has 0 aliphatic carbocycles. The molecule has 0 bridgehead atoms. The number of hydrogen-bond donors (Lipinski definition) is 0. The molecule has 1 aliphatic rings. The van der Waals surface area contributed by atoms with Crippen molar-refractivity contribution in [1.29, 1.82) is 5.26 Å². The lowest BCUT2D eigenvalue weighted by Crippen LogP contribution is -2.50. The molecular weight excluding hydrogens is 538 g/mol. The first-order valence-corrected chi connectivity index (χ1v) is 13.1. The number of amides is 1. The fourth-order valence-electron chi connectivity index (χ4n) is 4.51. The van der Waals surface area contributed by atoms with Gasteiger partial charge in [0, 0.05) is 50.2 Å². The van der Waals surface area contributed by atoms with E-state index in [4.69, 9.17) is 21.6 Å². The van der Waals surface area contributed by atoms with Crippen LogP contribution in [0.2, 0.25) is 5.02 Å². The van der Waals surface area contributed by atoms with Gasteiger partial charge in [-0.1, -0.05) is 35.9 Å². The summed E-state index contributed by atoms with van der Waals surface area (Å²) < 4.78 is 35.7. The Kier molecular flexibility index (Phi) is 8.35. The van der Waals surface area contributed by atoms with Crippen LogP contribution in [0.1, 0.15) is 33.5 Å². The van der Waals surface area contributed by atoms with Crippen LogP contribution in [0.15, 0.2) is 36.5 Å². The summed E-state index contributed by atoms with van der Waals surface area (Å²) in [5, 5.41) is 8.75. The maximum absolute atomic E-state index is 16.0. The number of halogens is 3. The molecule has 0 unspecified atom stereocenters. The highest BCUT2D eigenvalue weighted by atomic mass is 35.5. The zero-order valence-electron chi connectivity index (χ0n) is 22.9. The van der Waals surface area contributed by atoms with E-state index in [0.29, 0.717) is 59.5 Å². The van der Waals surface area contributed by atoms with Crippen molar-refractivity contribution in [1.82, 2.24) is 19.9 Å². The molecule has 40 heavy (non-hydrogen) atoms. The van der Waals surface area contributed by atoms with Crippen LogP contribution in [-0.4, -0.2) is 57.7 Å². The molecule has 4 aromatic rings. The molecule has 2 aromatic carbocycles. The van der Waals surface area contributed by atoms with Crippen LogP contribution >= 0.6 is 11.6 Å². The second-order valence-corrected chi connectivity index (χ2v) is 10.6. The van der Waals surface area contributed by atoms with Crippen molar-refractivity contribution < 1.29 is 18.3 Å². The van der Waals surface area contributed by atoms with Gasteiger partial charge in [-0.05, 0) is 39.1 Å². The number of aromatic nitrogens is 3. The number of fused-ring (bicyclic) bond motifs is 2. The van der Waals surface area contributed by atoms with Gasteiger partial charge in [-0.2, -0.15) is 5.26 Å². The van der Waals surface area contributed by atoms with Gasteiger partial charge >= 0.3 is 6.09 Å². The zero-order valence-corrected chi connectivity index (χ0v) is 23.7. The molecule has 0 N–H and O–H groups in total. The van der Waals surface area contributed by atoms with Gasteiger partial charge in [0.05, 0.1) is 16.5 Å². The second-order valence-electron chi connectivity index (χ2n) is 10.2. The summed E-state index contributed by atoms with van der Waals surface area (Å²) in [7, 11) is 0. The number of ether oxygens (including phenoxy) is 1. The maximum atomic E-state index is 16.0. The molecule has 0 saturated carbocycles. The highest BCUT2D eigenvalue weighted by Gasteiger charge is 2.28. The number of carbonyl (C=O) groups excluding carboxylic acids is 1. The molecule has 0 atom stereocenters. The number of aryl methyl sites for hydroxylation is 1. The van der Waals surface area contributed by atoms with Crippen molar-refractivity contribution in [2.45, 2.75) is 40.2 Å². The number of anilines is 1. The summed E-state index contributed by atoms with van der Waals surface area (Å²) in [6, 6.07) is 9.82. The maximum Gasteiger partial charge on any atom is 0.410 e. The van der Waals surface area contributed by atoms with Gasteiger partial charge in [0.2, 0.25) is 0 Å². The Balaban J connectivity index is 0.00000118. The lowest BCUT2D eigenvalue weighted by molar-refractivity contribution is 0.0240. The first-order chi connectivity index (χ1) is 18.9. The molecule has 1 saturated heterocycles. The Labute approximate surface area is 236 Å². The van der Waals surface area contributed by atoms with E-state index in [1.54, 1.807) is 42.2 Å². The molecule has 0 radical (unpaired) electrons. The largest absolute Gasteiger partial charge is 0.444 e. The SMILES string of the molecule is CC#N.Cc1nc(N2CCN(C(=O)OC(C)(C)C)CC2)c2cnc(-c3cccc4ccc(F)c(Cl)c34)c(F)c2n1. The van der Waals surface area contributed by atoms with Crippen LogP contribution in [0.5, 0.6) is 0 Å². The minimum absolute atomic E-state index is 0.0318. The highest BCUT2D eigenvalue weighted by molar-refractivity contribution is 6.36. The first kappa shape index (κ1) is 28.9. The molecule has 1 fully saturated rings. The van der Waals surface area contributed by atoms with Crippen LogP contribution in [0, 0.1) is 29.9 Å². The third kappa shape index (κ3) is 5.89. The minimum atomic E-state index is -0.635. The van der Waals surface area contributed by atoms with Gasteiger partial charge in [0.1, 0.15) is 34.3 Å². The van der Waals surface area contributed by atoms with Crippen LogP contribution in [0.25, 0.3) is 32.9 Å². The van der Waals surface area contributed by atoms with Crippen molar-refractivity contribution in [3.63, 3.8) is 0 Å². The van der Waals surface area contributed by atoms with E-state index < -0.39 is 17.2 Å². The number of carbonyl (C=O) groups is 1. The van der Waals surface area contributed by atoms with E-state index >= 15 is 4.39 Å². The van der Waals surface area contributed by atoms with Crippen LogP contribution < -0.4 is 4.90 Å². The Hall–Kier alpha value is -4.10. The number of piperazine rings is 1. The second kappa shape index (κ2) is 11.6. The highest BCUT2D eigenvalue weighted by Crippen LogP contribution is 2.37. The van der Waals surface area contributed by atoms with E-state index in [0.717, 1.165) is 0 Å². The smallest absolute Gasteiger partial charge is 0.410 e. The number of hydrogen-bond acceptors (Lipinski definition) is 7. The van der Waals surface area contributed by atoms with E-state index in [-0.39, 0.29) is 22.3 Å². The quantitative estimate of drug-likeness (QED) is 0.267. The van der Waals surface area contributed by atoms with E-state index in [1.807, 2.05) is 25.7 Å². The molecule has 1 aliphatic heterocycles. The molecule has 0 spiro atoms. The van der Waals surface area contributed by atoms with Crippen LogP contribution in [0.3, 0.4) is 0 Å². The Morgan fingerprint density at radius 2 is 1.77 bits per heavy atom. The standard InChI is InChI=1S/C27H26ClF2N5O2.C2H3N/c1-15-32-24-18(25(33-15)34-10-12-35(13-11-34)26(36)37-27(2,3)4)14-31-23(22(24)30)17-7-5-6-16-8-9-19(29)21(28)20(16)17;1-2-3/h5-9,14H,10-13H2,1-4H3;1H3. The topological polar surface area (TPSA) is 95.2 Å². The van der Waals surface area contributed by atoms with Crippen molar-refractivity contribution in [3.05, 3.63) is 59.0 Å². The number of rotatable bonds is 2.